The average molecular weight is 235 g/mol. The van der Waals surface area contributed by atoms with Crippen molar-refractivity contribution in [1.82, 2.24) is 0 Å². The molecule has 0 aliphatic rings. The van der Waals surface area contributed by atoms with Crippen LogP contribution in [0.5, 0.6) is 0 Å². The van der Waals surface area contributed by atoms with Crippen LogP contribution in [0.4, 0.5) is 5.69 Å². The summed E-state index contributed by atoms with van der Waals surface area (Å²) in [6.07, 6.45) is 0.983. The molecule has 0 saturated carbocycles. The topological polar surface area (TPSA) is 21.3 Å². The van der Waals surface area contributed by atoms with E-state index in [0.717, 1.165) is 6.42 Å². The molecule has 0 aliphatic carbocycles. The van der Waals surface area contributed by atoms with Crippen molar-refractivity contribution in [3.63, 3.8) is 0 Å². The number of hydrogen-bond acceptors (Lipinski definition) is 2. The maximum Gasteiger partial charge on any atom is 0.0642 e. The lowest BCUT2D eigenvalue weighted by molar-refractivity contribution is 0.0128. The molecule has 2 nitrogen and oxygen atoms in total. The van der Waals surface area contributed by atoms with E-state index in [1.54, 1.807) is 7.11 Å². The molecule has 1 atom stereocenters. The van der Waals surface area contributed by atoms with Gasteiger partial charge in [0.25, 0.3) is 0 Å². The van der Waals surface area contributed by atoms with Crippen LogP contribution < -0.4 is 5.32 Å². The van der Waals surface area contributed by atoms with Crippen molar-refractivity contribution < 1.29 is 4.74 Å². The van der Waals surface area contributed by atoms with Crippen LogP contribution in [-0.4, -0.2) is 18.8 Å². The van der Waals surface area contributed by atoms with E-state index in [4.69, 9.17) is 4.74 Å². The third-order valence-corrected chi connectivity index (χ3v) is 3.15. The molecule has 1 aromatic carbocycles. The quantitative estimate of drug-likeness (QED) is 0.835. The molecule has 1 unspecified atom stereocenters. The molecule has 1 N–H and O–H groups in total. The molecule has 0 fully saturated rings. The summed E-state index contributed by atoms with van der Waals surface area (Å²) < 4.78 is 5.46. The van der Waals surface area contributed by atoms with E-state index in [-0.39, 0.29) is 5.60 Å². The Hall–Kier alpha value is -1.02. The third-order valence-electron chi connectivity index (χ3n) is 3.15. The van der Waals surface area contributed by atoms with E-state index in [2.05, 4.69) is 58.1 Å². The molecule has 0 bridgehead atoms. The molecule has 0 saturated heterocycles. The summed E-state index contributed by atoms with van der Waals surface area (Å²) in [5, 5.41) is 3.56. The summed E-state index contributed by atoms with van der Waals surface area (Å²) in [5.74, 6) is 0. The zero-order valence-corrected chi connectivity index (χ0v) is 11.9. The minimum absolute atomic E-state index is 0.0792. The molecular formula is C15H25NO. The number of nitrogens with one attached hydrogen (secondary N) is 1. The molecule has 0 radical (unpaired) electrons. The first kappa shape index (κ1) is 14.0. The molecule has 17 heavy (non-hydrogen) atoms. The Labute approximate surface area is 105 Å². The second kappa shape index (κ2) is 5.54. The zero-order valence-electron chi connectivity index (χ0n) is 11.9. The van der Waals surface area contributed by atoms with Gasteiger partial charge in [0, 0.05) is 18.8 Å². The van der Waals surface area contributed by atoms with E-state index < -0.39 is 0 Å². The van der Waals surface area contributed by atoms with Crippen molar-refractivity contribution in [3.05, 3.63) is 29.3 Å². The van der Waals surface area contributed by atoms with Crippen LogP contribution in [0, 0.1) is 13.8 Å². The molecule has 0 spiro atoms. The van der Waals surface area contributed by atoms with Gasteiger partial charge < -0.3 is 10.1 Å². The van der Waals surface area contributed by atoms with Crippen LogP contribution in [0.3, 0.4) is 0 Å². The van der Waals surface area contributed by atoms with E-state index in [1.165, 1.54) is 16.8 Å². The van der Waals surface area contributed by atoms with E-state index in [9.17, 15) is 0 Å². The highest BCUT2D eigenvalue weighted by molar-refractivity contribution is 5.53. The highest BCUT2D eigenvalue weighted by Crippen LogP contribution is 2.21. The van der Waals surface area contributed by atoms with Gasteiger partial charge in [-0.2, -0.15) is 0 Å². The van der Waals surface area contributed by atoms with Gasteiger partial charge in [0.15, 0.2) is 0 Å². The van der Waals surface area contributed by atoms with Crippen LogP contribution in [0.25, 0.3) is 0 Å². The van der Waals surface area contributed by atoms with Gasteiger partial charge in [-0.15, -0.1) is 0 Å². The summed E-state index contributed by atoms with van der Waals surface area (Å²) in [5.41, 5.74) is 3.72. The SMILES string of the molecule is COC(C)(C)CC(C)Nc1cc(C)ccc1C. The maximum atomic E-state index is 5.46. The van der Waals surface area contributed by atoms with Gasteiger partial charge in [0.1, 0.15) is 0 Å². The van der Waals surface area contributed by atoms with Crippen molar-refractivity contribution in [2.45, 2.75) is 52.7 Å². The fraction of sp³-hybridized carbons (Fsp3) is 0.600. The third kappa shape index (κ3) is 4.39. The average Bonchev–Trinajstić information content (AvgIpc) is 2.23. The fourth-order valence-electron chi connectivity index (χ4n) is 2.03. The Morgan fingerprint density at radius 3 is 2.53 bits per heavy atom. The monoisotopic (exact) mass is 235 g/mol. The van der Waals surface area contributed by atoms with Crippen molar-refractivity contribution in [3.8, 4) is 0 Å². The lowest BCUT2D eigenvalue weighted by Gasteiger charge is -2.28. The number of hydrogen-bond donors (Lipinski definition) is 1. The first-order valence-electron chi connectivity index (χ1n) is 6.23. The first-order chi connectivity index (χ1) is 7.84. The highest BCUT2D eigenvalue weighted by atomic mass is 16.5. The molecular weight excluding hydrogens is 210 g/mol. The Bertz CT molecular complexity index is 371. The Balaban J connectivity index is 2.68. The Morgan fingerprint density at radius 1 is 1.29 bits per heavy atom. The van der Waals surface area contributed by atoms with E-state index in [0.29, 0.717) is 6.04 Å². The molecule has 0 heterocycles. The van der Waals surface area contributed by atoms with Gasteiger partial charge >= 0.3 is 0 Å². The number of aryl methyl sites for hydroxylation is 2. The van der Waals surface area contributed by atoms with Crippen molar-refractivity contribution in [2.75, 3.05) is 12.4 Å². The fourth-order valence-corrected chi connectivity index (χ4v) is 2.03. The predicted molar refractivity (Wildman–Crippen MR) is 74.7 cm³/mol. The molecule has 1 rings (SSSR count). The lowest BCUT2D eigenvalue weighted by Crippen LogP contribution is -2.31. The Morgan fingerprint density at radius 2 is 1.94 bits per heavy atom. The number of ether oxygens (including phenoxy) is 1. The van der Waals surface area contributed by atoms with E-state index in [1.807, 2.05) is 0 Å². The molecule has 0 aliphatic heterocycles. The molecule has 2 heteroatoms. The smallest absolute Gasteiger partial charge is 0.0642 e. The van der Waals surface area contributed by atoms with Crippen LogP contribution in [0.1, 0.15) is 38.3 Å². The molecule has 0 amide bonds. The molecule has 96 valence electrons. The normalized spacial score (nSPS) is 13.5. The molecule has 0 aromatic heterocycles. The van der Waals surface area contributed by atoms with Crippen molar-refractivity contribution in [1.29, 1.82) is 0 Å². The summed E-state index contributed by atoms with van der Waals surface area (Å²) in [7, 11) is 1.77. The highest BCUT2D eigenvalue weighted by Gasteiger charge is 2.20. The number of anilines is 1. The van der Waals surface area contributed by atoms with Crippen LogP contribution in [-0.2, 0) is 4.74 Å². The standard InChI is InChI=1S/C15H25NO/c1-11-7-8-12(2)14(9-11)16-13(3)10-15(4,5)17-6/h7-9,13,16H,10H2,1-6H3. The summed E-state index contributed by atoms with van der Waals surface area (Å²) in [6.45, 7) is 10.7. The predicted octanol–water partition coefficient (Wildman–Crippen LogP) is 3.92. The minimum Gasteiger partial charge on any atom is -0.382 e. The van der Waals surface area contributed by atoms with Crippen LogP contribution >= 0.6 is 0 Å². The van der Waals surface area contributed by atoms with Gasteiger partial charge in [-0.1, -0.05) is 12.1 Å². The second-order valence-corrected chi connectivity index (χ2v) is 5.53. The maximum absolute atomic E-state index is 5.46. The summed E-state index contributed by atoms with van der Waals surface area (Å²) in [4.78, 5) is 0. The van der Waals surface area contributed by atoms with Crippen molar-refractivity contribution >= 4 is 5.69 Å². The largest absolute Gasteiger partial charge is 0.382 e. The van der Waals surface area contributed by atoms with Crippen LogP contribution in [0.2, 0.25) is 0 Å². The van der Waals surface area contributed by atoms with Gasteiger partial charge in [-0.3, -0.25) is 0 Å². The van der Waals surface area contributed by atoms with Crippen LogP contribution in [0.15, 0.2) is 18.2 Å². The van der Waals surface area contributed by atoms with E-state index >= 15 is 0 Å². The summed E-state index contributed by atoms with van der Waals surface area (Å²) >= 11 is 0. The summed E-state index contributed by atoms with van der Waals surface area (Å²) in [6, 6.07) is 6.90. The number of rotatable bonds is 5. The first-order valence-corrected chi connectivity index (χ1v) is 6.23. The Kier molecular flexibility index (Phi) is 4.58. The zero-order chi connectivity index (χ0) is 13.1. The van der Waals surface area contributed by atoms with Gasteiger partial charge in [-0.25, -0.2) is 0 Å². The van der Waals surface area contributed by atoms with Gasteiger partial charge in [0.2, 0.25) is 0 Å². The number of methoxy groups -OCH3 is 1. The van der Waals surface area contributed by atoms with Gasteiger partial charge in [0.05, 0.1) is 5.60 Å². The number of benzene rings is 1. The minimum atomic E-state index is -0.0792. The molecule has 1 aromatic rings. The van der Waals surface area contributed by atoms with Gasteiger partial charge in [-0.05, 0) is 58.2 Å². The second-order valence-electron chi connectivity index (χ2n) is 5.53. The van der Waals surface area contributed by atoms with Crippen molar-refractivity contribution in [2.24, 2.45) is 0 Å². The lowest BCUT2D eigenvalue weighted by atomic mass is 9.99.